The van der Waals surface area contributed by atoms with Gasteiger partial charge in [0.15, 0.2) is 0 Å². The molecule has 4 rings (SSSR count). The maximum absolute atomic E-state index is 13.7. The summed E-state index contributed by atoms with van der Waals surface area (Å²) in [6, 6.07) is 16.7. The van der Waals surface area contributed by atoms with E-state index < -0.39 is 16.9 Å². The van der Waals surface area contributed by atoms with Gasteiger partial charge in [0, 0.05) is 13.1 Å². The minimum absolute atomic E-state index is 0.135. The molecule has 0 aliphatic heterocycles. The predicted molar refractivity (Wildman–Crippen MR) is 122 cm³/mol. The number of alkyl halides is 3. The topological polar surface area (TPSA) is 34.6 Å². The van der Waals surface area contributed by atoms with E-state index >= 15 is 0 Å². The monoisotopic (exact) mass is 476 g/mol. The van der Waals surface area contributed by atoms with Crippen LogP contribution in [0, 0.1) is 0 Å². The zero-order valence-corrected chi connectivity index (χ0v) is 19.1. The number of ether oxygens (including phenoxy) is 2. The Kier molecular flexibility index (Phi) is 6.70. The molecule has 174 valence electrons. The Hall–Kier alpha value is -2.93. The van der Waals surface area contributed by atoms with Crippen molar-refractivity contribution < 1.29 is 22.6 Å². The van der Waals surface area contributed by atoms with Crippen LogP contribution < -0.4 is 14.4 Å². The number of pyridine rings is 1. The molecule has 0 N–H and O–H groups in total. The average Bonchev–Trinajstić information content (AvgIpc) is 3.64. The second kappa shape index (κ2) is 9.51. The van der Waals surface area contributed by atoms with Crippen molar-refractivity contribution >= 4 is 17.4 Å². The molecule has 1 saturated carbocycles. The average molecular weight is 477 g/mol. The van der Waals surface area contributed by atoms with Crippen molar-refractivity contribution in [3.05, 3.63) is 82.0 Å². The van der Waals surface area contributed by atoms with E-state index in [2.05, 4.69) is 4.98 Å². The van der Waals surface area contributed by atoms with Gasteiger partial charge in [0.1, 0.15) is 22.5 Å². The molecule has 1 heterocycles. The molecule has 2 aromatic carbocycles. The van der Waals surface area contributed by atoms with Crippen LogP contribution >= 0.6 is 11.6 Å². The van der Waals surface area contributed by atoms with Crippen LogP contribution in [0.3, 0.4) is 0 Å². The van der Waals surface area contributed by atoms with E-state index in [-0.39, 0.29) is 11.5 Å². The zero-order chi connectivity index (χ0) is 23.6. The third kappa shape index (κ3) is 5.53. The number of hydrogen-bond donors (Lipinski definition) is 0. The van der Waals surface area contributed by atoms with Gasteiger partial charge in [0.2, 0.25) is 0 Å². The minimum Gasteiger partial charge on any atom is -0.497 e. The van der Waals surface area contributed by atoms with Crippen molar-refractivity contribution in [2.24, 2.45) is 0 Å². The van der Waals surface area contributed by atoms with Crippen LogP contribution in [-0.2, 0) is 19.3 Å². The van der Waals surface area contributed by atoms with Gasteiger partial charge in [-0.25, -0.2) is 4.98 Å². The molecule has 0 amide bonds. The van der Waals surface area contributed by atoms with Gasteiger partial charge in [0.25, 0.3) is 0 Å². The molecule has 0 radical (unpaired) electrons. The number of anilines is 1. The van der Waals surface area contributed by atoms with Gasteiger partial charge in [-0.15, -0.1) is 0 Å². The van der Waals surface area contributed by atoms with Crippen molar-refractivity contribution in [3.8, 4) is 11.5 Å². The lowest BCUT2D eigenvalue weighted by Crippen LogP contribution is -2.24. The van der Waals surface area contributed by atoms with E-state index in [4.69, 9.17) is 21.1 Å². The van der Waals surface area contributed by atoms with E-state index in [1.54, 1.807) is 20.3 Å². The first-order valence-corrected chi connectivity index (χ1v) is 10.9. The van der Waals surface area contributed by atoms with Crippen molar-refractivity contribution in [3.63, 3.8) is 0 Å². The molecule has 8 heteroatoms. The molecule has 1 aromatic heterocycles. The Balaban J connectivity index is 1.72. The fraction of sp³-hybridized carbons (Fsp3) is 0.320. The van der Waals surface area contributed by atoms with Crippen LogP contribution in [0.1, 0.15) is 41.0 Å². The predicted octanol–water partition coefficient (Wildman–Crippen LogP) is 6.86. The summed E-state index contributed by atoms with van der Waals surface area (Å²) >= 11 is 6.13. The first-order chi connectivity index (χ1) is 15.8. The lowest BCUT2D eigenvalue weighted by molar-refractivity contribution is -0.138. The Morgan fingerprint density at radius 3 is 1.79 bits per heavy atom. The molecule has 4 nitrogen and oxygen atoms in total. The maximum atomic E-state index is 13.7. The van der Waals surface area contributed by atoms with Crippen LogP contribution in [0.5, 0.6) is 11.5 Å². The summed E-state index contributed by atoms with van der Waals surface area (Å²) in [6.45, 7) is 0.879. The van der Waals surface area contributed by atoms with Crippen molar-refractivity contribution in [2.75, 3.05) is 19.1 Å². The second-order valence-electron chi connectivity index (χ2n) is 8.06. The molecule has 0 atom stereocenters. The van der Waals surface area contributed by atoms with Crippen LogP contribution in [-0.4, -0.2) is 19.2 Å². The van der Waals surface area contributed by atoms with Crippen LogP contribution in [0.25, 0.3) is 0 Å². The van der Waals surface area contributed by atoms with E-state index in [0.29, 0.717) is 18.9 Å². The summed E-state index contributed by atoms with van der Waals surface area (Å²) < 4.78 is 51.6. The molecule has 1 aliphatic carbocycles. The van der Waals surface area contributed by atoms with Crippen LogP contribution in [0.2, 0.25) is 5.15 Å². The summed E-state index contributed by atoms with van der Waals surface area (Å²) in [5.74, 6) is 1.74. The molecular weight excluding hydrogens is 453 g/mol. The first-order valence-electron chi connectivity index (χ1n) is 10.6. The normalized spacial score (nSPS) is 13.6. The number of hydrogen-bond acceptors (Lipinski definition) is 4. The number of halogens is 4. The fourth-order valence-corrected chi connectivity index (χ4v) is 4.10. The number of aromatic nitrogens is 1. The number of nitrogens with zero attached hydrogens (tertiary/aromatic N) is 2. The molecule has 0 spiro atoms. The highest BCUT2D eigenvalue weighted by molar-refractivity contribution is 6.30. The SMILES string of the molecule is COc1ccc(CN(Cc2ccc(OC)cc2)c2cc(C3CC3)c(C(F)(F)F)c(Cl)n2)cc1. The molecule has 0 unspecified atom stereocenters. The lowest BCUT2D eigenvalue weighted by atomic mass is 10.0. The molecular formula is C25H24ClF3N2O2. The van der Waals surface area contributed by atoms with Gasteiger partial charge in [-0.05, 0) is 65.8 Å². The first kappa shape index (κ1) is 23.2. The van der Waals surface area contributed by atoms with Crippen molar-refractivity contribution in [1.82, 2.24) is 4.98 Å². The Bertz CT molecular complexity index is 1050. The van der Waals surface area contributed by atoms with Gasteiger partial charge in [0.05, 0.1) is 19.8 Å². The second-order valence-corrected chi connectivity index (χ2v) is 8.42. The van der Waals surface area contributed by atoms with E-state index in [0.717, 1.165) is 35.5 Å². The highest BCUT2D eigenvalue weighted by Gasteiger charge is 2.41. The van der Waals surface area contributed by atoms with Gasteiger partial charge in [-0.2, -0.15) is 13.2 Å². The van der Waals surface area contributed by atoms with Gasteiger partial charge < -0.3 is 14.4 Å². The van der Waals surface area contributed by atoms with Crippen molar-refractivity contribution in [1.29, 1.82) is 0 Å². The summed E-state index contributed by atoms with van der Waals surface area (Å²) in [6.07, 6.45) is -3.10. The minimum atomic E-state index is -4.54. The molecule has 0 saturated heterocycles. The summed E-state index contributed by atoms with van der Waals surface area (Å²) in [5.41, 5.74) is 1.35. The van der Waals surface area contributed by atoms with Gasteiger partial charge in [-0.3, -0.25) is 0 Å². The largest absolute Gasteiger partial charge is 0.497 e. The third-order valence-corrected chi connectivity index (χ3v) is 5.96. The van der Waals surface area contributed by atoms with Crippen molar-refractivity contribution in [2.45, 2.75) is 38.0 Å². The number of benzene rings is 2. The van der Waals surface area contributed by atoms with E-state index in [1.807, 2.05) is 53.4 Å². The summed E-state index contributed by atoms with van der Waals surface area (Å²) in [4.78, 5) is 6.12. The molecule has 33 heavy (non-hydrogen) atoms. The molecule has 1 fully saturated rings. The smallest absolute Gasteiger partial charge is 0.419 e. The van der Waals surface area contributed by atoms with Crippen LogP contribution in [0.4, 0.5) is 19.0 Å². The highest BCUT2D eigenvalue weighted by Crippen LogP contribution is 2.48. The summed E-state index contributed by atoms with van der Waals surface area (Å²) in [5, 5.41) is -0.503. The number of methoxy groups -OCH3 is 2. The Morgan fingerprint density at radius 1 is 0.909 bits per heavy atom. The number of rotatable bonds is 8. The molecule has 0 bridgehead atoms. The summed E-state index contributed by atoms with van der Waals surface area (Å²) in [7, 11) is 3.19. The highest BCUT2D eigenvalue weighted by atomic mass is 35.5. The lowest BCUT2D eigenvalue weighted by Gasteiger charge is -2.26. The standard InChI is InChI=1S/C25H24ClF3N2O2/c1-32-19-9-3-16(4-10-19)14-31(15-17-5-11-20(33-2)12-6-17)22-13-21(18-7-8-18)23(24(26)30-22)25(27,28)29/h3-6,9-13,18H,7-8,14-15H2,1-2H3. The quantitative estimate of drug-likeness (QED) is 0.333. The van der Waals surface area contributed by atoms with Crippen LogP contribution in [0.15, 0.2) is 54.6 Å². The molecule has 1 aliphatic rings. The molecule has 3 aromatic rings. The van der Waals surface area contributed by atoms with Gasteiger partial charge in [-0.1, -0.05) is 35.9 Å². The fourth-order valence-electron chi connectivity index (χ4n) is 3.80. The van der Waals surface area contributed by atoms with Gasteiger partial charge >= 0.3 is 6.18 Å². The zero-order valence-electron chi connectivity index (χ0n) is 18.3. The van der Waals surface area contributed by atoms with E-state index in [9.17, 15) is 13.2 Å². The Labute approximate surface area is 195 Å². The van der Waals surface area contributed by atoms with E-state index in [1.165, 1.54) is 0 Å². The maximum Gasteiger partial charge on any atom is 0.419 e. The third-order valence-electron chi connectivity index (χ3n) is 5.68. The Morgan fingerprint density at radius 2 is 1.39 bits per heavy atom.